The fourth-order valence-corrected chi connectivity index (χ4v) is 2.26. The van der Waals surface area contributed by atoms with Gasteiger partial charge >= 0.3 is 11.8 Å². The molecule has 0 aromatic rings. The van der Waals surface area contributed by atoms with Crippen molar-refractivity contribution in [1.82, 2.24) is 15.1 Å². The van der Waals surface area contributed by atoms with Crippen LogP contribution in [-0.2, 0) is 9.59 Å². The maximum atomic E-state index is 11.8. The minimum absolute atomic E-state index is 0.0534. The Hall–Kier alpha value is -1.14. The maximum absolute atomic E-state index is 11.8. The highest BCUT2D eigenvalue weighted by Crippen LogP contribution is 2.14. The average Bonchev–Trinajstić information content (AvgIpc) is 2.25. The maximum Gasteiger partial charge on any atom is 0.312 e. The molecule has 6 heteroatoms. The number of piperazine rings is 2. The summed E-state index contributed by atoms with van der Waals surface area (Å²) >= 11 is 0. The predicted molar refractivity (Wildman–Crippen MR) is 56.6 cm³/mol. The summed E-state index contributed by atoms with van der Waals surface area (Å²) in [6.45, 7) is 4.42. The van der Waals surface area contributed by atoms with E-state index >= 15 is 0 Å². The van der Waals surface area contributed by atoms with Gasteiger partial charge in [-0.2, -0.15) is 0 Å². The molecule has 0 radical (unpaired) electrons. The molecule has 0 aromatic carbocycles. The van der Waals surface area contributed by atoms with Crippen LogP contribution in [0.25, 0.3) is 0 Å². The molecular weight excluding hydrogens is 210 g/mol. The van der Waals surface area contributed by atoms with E-state index in [1.807, 2.05) is 0 Å². The average molecular weight is 227 g/mol. The molecule has 0 bridgehead atoms. The zero-order valence-corrected chi connectivity index (χ0v) is 9.35. The molecule has 16 heavy (non-hydrogen) atoms. The van der Waals surface area contributed by atoms with Crippen molar-refractivity contribution in [2.45, 2.75) is 19.1 Å². The van der Waals surface area contributed by atoms with E-state index in [0.29, 0.717) is 13.1 Å². The predicted octanol–water partition coefficient (Wildman–Crippen LogP) is -1.99. The van der Waals surface area contributed by atoms with Crippen molar-refractivity contribution in [1.29, 1.82) is 0 Å². The summed E-state index contributed by atoms with van der Waals surface area (Å²) in [4.78, 5) is 26.6. The molecule has 2 rings (SSSR count). The number of β-amino-alcohol motifs (C(OH)–C–C–N with tert-alkyl or cyclic N) is 1. The van der Waals surface area contributed by atoms with Gasteiger partial charge in [0.25, 0.3) is 0 Å². The summed E-state index contributed by atoms with van der Waals surface area (Å²) in [6, 6.07) is 0.0534. The topological polar surface area (TPSA) is 72.9 Å². The van der Waals surface area contributed by atoms with Crippen molar-refractivity contribution in [3.05, 3.63) is 0 Å². The first kappa shape index (κ1) is 11.3. The summed E-state index contributed by atoms with van der Waals surface area (Å²) < 4.78 is 0. The Morgan fingerprint density at radius 1 is 1.50 bits per heavy atom. The molecule has 2 fully saturated rings. The first-order chi connectivity index (χ1) is 7.59. The number of carbonyl (C=O) groups is 2. The second-order valence-electron chi connectivity index (χ2n) is 4.42. The summed E-state index contributed by atoms with van der Waals surface area (Å²) in [5.41, 5.74) is 0. The van der Waals surface area contributed by atoms with Crippen LogP contribution in [0, 0.1) is 0 Å². The standard InChI is InChI=1S/C10H17N3O3/c1-7(14)5-12-6-8-4-11-2-3-13(8)10(16)9(12)15/h7-8,11,14H,2-6H2,1H3. The van der Waals surface area contributed by atoms with Gasteiger partial charge in [-0.1, -0.05) is 0 Å². The third kappa shape index (κ3) is 2.03. The fraction of sp³-hybridized carbons (Fsp3) is 0.800. The Bertz CT molecular complexity index is 306. The van der Waals surface area contributed by atoms with E-state index in [4.69, 9.17) is 0 Å². The van der Waals surface area contributed by atoms with Crippen LogP contribution < -0.4 is 5.32 Å². The first-order valence-electron chi connectivity index (χ1n) is 5.58. The van der Waals surface area contributed by atoms with Gasteiger partial charge in [0, 0.05) is 32.7 Å². The Labute approximate surface area is 94.2 Å². The van der Waals surface area contributed by atoms with Crippen LogP contribution in [0.1, 0.15) is 6.92 Å². The second kappa shape index (κ2) is 4.39. The molecular formula is C10H17N3O3. The number of carbonyl (C=O) groups excluding carboxylic acids is 2. The molecule has 2 unspecified atom stereocenters. The van der Waals surface area contributed by atoms with Crippen molar-refractivity contribution in [3.63, 3.8) is 0 Å². The summed E-state index contributed by atoms with van der Waals surface area (Å²) in [6.07, 6.45) is -0.597. The van der Waals surface area contributed by atoms with Crippen LogP contribution in [0.2, 0.25) is 0 Å². The number of hydrogen-bond acceptors (Lipinski definition) is 4. The fourth-order valence-electron chi connectivity index (χ4n) is 2.26. The van der Waals surface area contributed by atoms with Crippen LogP contribution in [-0.4, -0.2) is 71.6 Å². The highest BCUT2D eigenvalue weighted by atomic mass is 16.3. The van der Waals surface area contributed by atoms with Crippen molar-refractivity contribution >= 4 is 11.8 Å². The van der Waals surface area contributed by atoms with Gasteiger partial charge in [0.2, 0.25) is 0 Å². The number of aliphatic hydroxyl groups is 1. The molecule has 2 aliphatic rings. The molecule has 2 aliphatic heterocycles. The highest BCUT2D eigenvalue weighted by molar-refractivity contribution is 6.35. The third-order valence-corrected chi connectivity index (χ3v) is 3.00. The van der Waals surface area contributed by atoms with Gasteiger partial charge in [-0.25, -0.2) is 0 Å². The van der Waals surface area contributed by atoms with Crippen molar-refractivity contribution in [2.24, 2.45) is 0 Å². The Morgan fingerprint density at radius 2 is 2.25 bits per heavy atom. The number of aliphatic hydroxyl groups excluding tert-OH is 1. The smallest absolute Gasteiger partial charge is 0.312 e. The zero-order valence-electron chi connectivity index (χ0n) is 9.35. The van der Waals surface area contributed by atoms with Gasteiger partial charge in [0.05, 0.1) is 12.1 Å². The number of nitrogens with one attached hydrogen (secondary N) is 1. The van der Waals surface area contributed by atoms with Crippen molar-refractivity contribution in [2.75, 3.05) is 32.7 Å². The molecule has 2 amide bonds. The van der Waals surface area contributed by atoms with Gasteiger partial charge in [-0.3, -0.25) is 9.59 Å². The Morgan fingerprint density at radius 3 is 2.94 bits per heavy atom. The van der Waals surface area contributed by atoms with Gasteiger partial charge in [-0.15, -0.1) is 0 Å². The number of amides is 2. The van der Waals surface area contributed by atoms with E-state index in [2.05, 4.69) is 5.32 Å². The Kier molecular flexibility index (Phi) is 3.11. The summed E-state index contributed by atoms with van der Waals surface area (Å²) in [5.74, 6) is -0.919. The molecule has 90 valence electrons. The van der Waals surface area contributed by atoms with Gasteiger partial charge in [0.15, 0.2) is 0 Å². The second-order valence-corrected chi connectivity index (χ2v) is 4.42. The number of fused-ring (bicyclic) bond motifs is 1. The lowest BCUT2D eigenvalue weighted by molar-refractivity contribution is -0.160. The third-order valence-electron chi connectivity index (χ3n) is 3.00. The van der Waals surface area contributed by atoms with Crippen LogP contribution in [0.3, 0.4) is 0 Å². The van der Waals surface area contributed by atoms with Gasteiger partial charge in [0.1, 0.15) is 0 Å². The van der Waals surface area contributed by atoms with E-state index < -0.39 is 17.9 Å². The molecule has 0 spiro atoms. The van der Waals surface area contributed by atoms with Crippen LogP contribution in [0.15, 0.2) is 0 Å². The Balaban J connectivity index is 2.08. The lowest BCUT2D eigenvalue weighted by Gasteiger charge is -2.43. The van der Waals surface area contributed by atoms with E-state index in [1.165, 1.54) is 4.90 Å². The van der Waals surface area contributed by atoms with Crippen molar-refractivity contribution < 1.29 is 14.7 Å². The van der Waals surface area contributed by atoms with Gasteiger partial charge in [-0.05, 0) is 6.92 Å². The number of hydrogen-bond donors (Lipinski definition) is 2. The minimum Gasteiger partial charge on any atom is -0.392 e. The first-order valence-corrected chi connectivity index (χ1v) is 5.58. The van der Waals surface area contributed by atoms with Crippen LogP contribution in [0.4, 0.5) is 0 Å². The molecule has 2 N–H and O–H groups in total. The molecule has 0 aliphatic carbocycles. The van der Waals surface area contributed by atoms with Gasteiger partial charge < -0.3 is 20.2 Å². The van der Waals surface area contributed by atoms with Crippen LogP contribution in [0.5, 0.6) is 0 Å². The zero-order chi connectivity index (χ0) is 11.7. The SMILES string of the molecule is CC(O)CN1CC2CNCCN2C(=O)C1=O. The largest absolute Gasteiger partial charge is 0.392 e. The van der Waals surface area contributed by atoms with E-state index in [1.54, 1.807) is 11.8 Å². The molecule has 2 saturated heterocycles. The van der Waals surface area contributed by atoms with E-state index in [9.17, 15) is 14.7 Å². The lowest BCUT2D eigenvalue weighted by Crippen LogP contribution is -2.66. The van der Waals surface area contributed by atoms with Crippen molar-refractivity contribution in [3.8, 4) is 0 Å². The minimum atomic E-state index is -0.597. The van der Waals surface area contributed by atoms with E-state index in [-0.39, 0.29) is 12.6 Å². The summed E-state index contributed by atoms with van der Waals surface area (Å²) in [7, 11) is 0. The number of nitrogens with zero attached hydrogens (tertiary/aromatic N) is 2. The highest BCUT2D eigenvalue weighted by Gasteiger charge is 2.39. The molecule has 0 aromatic heterocycles. The quantitative estimate of drug-likeness (QED) is 0.536. The normalized spacial score (nSPS) is 28.0. The molecule has 2 heterocycles. The molecule has 0 saturated carbocycles. The molecule has 6 nitrogen and oxygen atoms in total. The lowest BCUT2D eigenvalue weighted by atomic mass is 10.1. The van der Waals surface area contributed by atoms with E-state index in [0.717, 1.165) is 13.1 Å². The number of rotatable bonds is 2. The monoisotopic (exact) mass is 227 g/mol. The molecule has 2 atom stereocenters. The summed E-state index contributed by atoms with van der Waals surface area (Å²) in [5, 5.41) is 12.5. The van der Waals surface area contributed by atoms with Crippen LogP contribution >= 0.6 is 0 Å².